The molecule has 0 aliphatic heterocycles. The molecular formula is C23H17Cl3N2O3. The first-order valence-corrected chi connectivity index (χ1v) is 10.7. The summed E-state index contributed by atoms with van der Waals surface area (Å²) in [6.45, 7) is 0.360. The van der Waals surface area contributed by atoms with E-state index in [2.05, 4.69) is 10.3 Å². The highest BCUT2D eigenvalue weighted by atomic mass is 35.5. The van der Waals surface area contributed by atoms with Crippen LogP contribution >= 0.6 is 34.8 Å². The topological polar surface area (TPSA) is 64.4 Å². The number of nitrogens with one attached hydrogen (secondary N) is 1. The lowest BCUT2D eigenvalue weighted by Crippen LogP contribution is -2.12. The molecule has 0 unspecified atom stereocenters. The standard InChI is InChI=1S/C23H17Cl3N2O3/c24-15-4-1-3-14(11-15)23-28-19-8-7-17(13-21(19)31-23)27-22(29)5-2-10-30-20-9-6-16(25)12-18(20)26/h1,3-4,6-9,11-13H,2,5,10H2,(H,27,29). The lowest BCUT2D eigenvalue weighted by molar-refractivity contribution is -0.116. The first-order valence-electron chi connectivity index (χ1n) is 9.52. The zero-order valence-corrected chi connectivity index (χ0v) is 18.5. The summed E-state index contributed by atoms with van der Waals surface area (Å²) >= 11 is 18.0. The second-order valence-corrected chi connectivity index (χ2v) is 8.07. The van der Waals surface area contributed by atoms with Gasteiger partial charge < -0.3 is 14.5 Å². The number of carbonyl (C=O) groups is 1. The summed E-state index contributed by atoms with van der Waals surface area (Å²) in [6.07, 6.45) is 0.835. The van der Waals surface area contributed by atoms with Gasteiger partial charge in [0, 0.05) is 33.8 Å². The van der Waals surface area contributed by atoms with Crippen LogP contribution in [-0.4, -0.2) is 17.5 Å². The predicted octanol–water partition coefficient (Wildman–Crippen LogP) is 7.25. The van der Waals surface area contributed by atoms with Crippen LogP contribution in [0.2, 0.25) is 15.1 Å². The van der Waals surface area contributed by atoms with Crippen LogP contribution in [-0.2, 0) is 4.79 Å². The number of fused-ring (bicyclic) bond motifs is 1. The Bertz CT molecular complexity index is 1240. The van der Waals surface area contributed by atoms with Crippen molar-refractivity contribution in [2.45, 2.75) is 12.8 Å². The third-order valence-corrected chi connectivity index (χ3v) is 5.21. The van der Waals surface area contributed by atoms with E-state index in [4.69, 9.17) is 44.0 Å². The first-order chi connectivity index (χ1) is 15.0. The summed E-state index contributed by atoms with van der Waals surface area (Å²) in [5.74, 6) is 0.886. The van der Waals surface area contributed by atoms with Crippen LogP contribution in [0.3, 0.4) is 0 Å². The fraction of sp³-hybridized carbons (Fsp3) is 0.130. The summed E-state index contributed by atoms with van der Waals surface area (Å²) in [5.41, 5.74) is 2.69. The van der Waals surface area contributed by atoms with E-state index in [1.807, 2.05) is 12.1 Å². The summed E-state index contributed by atoms with van der Waals surface area (Å²) in [5, 5.41) is 4.45. The third kappa shape index (κ3) is 5.50. The average Bonchev–Trinajstić information content (AvgIpc) is 3.16. The van der Waals surface area contributed by atoms with Gasteiger partial charge in [0.2, 0.25) is 11.8 Å². The number of ether oxygens (including phenoxy) is 1. The highest BCUT2D eigenvalue weighted by Crippen LogP contribution is 2.29. The molecule has 1 heterocycles. The summed E-state index contributed by atoms with van der Waals surface area (Å²) in [4.78, 5) is 16.7. The lowest BCUT2D eigenvalue weighted by atomic mass is 10.2. The van der Waals surface area contributed by atoms with E-state index in [-0.39, 0.29) is 5.91 Å². The van der Waals surface area contributed by atoms with E-state index in [1.165, 1.54) is 0 Å². The maximum absolute atomic E-state index is 12.3. The molecule has 4 aromatic rings. The van der Waals surface area contributed by atoms with Crippen molar-refractivity contribution < 1.29 is 13.9 Å². The van der Waals surface area contributed by atoms with Crippen molar-refractivity contribution in [1.29, 1.82) is 0 Å². The third-order valence-electron chi connectivity index (χ3n) is 4.44. The lowest BCUT2D eigenvalue weighted by Gasteiger charge is -2.08. The predicted molar refractivity (Wildman–Crippen MR) is 124 cm³/mol. The second kappa shape index (κ2) is 9.60. The quantitative estimate of drug-likeness (QED) is 0.286. The molecule has 1 N–H and O–H groups in total. The highest BCUT2D eigenvalue weighted by molar-refractivity contribution is 6.35. The highest BCUT2D eigenvalue weighted by Gasteiger charge is 2.11. The molecule has 158 valence electrons. The number of nitrogens with zero attached hydrogens (tertiary/aromatic N) is 1. The normalized spacial score (nSPS) is 10.9. The SMILES string of the molecule is O=C(CCCOc1ccc(Cl)cc1Cl)Nc1ccc2nc(-c3cccc(Cl)c3)oc2c1. The van der Waals surface area contributed by atoms with E-state index in [1.54, 1.807) is 48.5 Å². The molecule has 1 aromatic heterocycles. The van der Waals surface area contributed by atoms with E-state index in [0.29, 0.717) is 62.9 Å². The maximum Gasteiger partial charge on any atom is 0.227 e. The monoisotopic (exact) mass is 474 g/mol. The maximum atomic E-state index is 12.3. The van der Waals surface area contributed by atoms with Gasteiger partial charge in [-0.2, -0.15) is 0 Å². The molecule has 4 rings (SSSR count). The van der Waals surface area contributed by atoms with E-state index in [0.717, 1.165) is 5.56 Å². The van der Waals surface area contributed by atoms with Gasteiger partial charge in [0.05, 0.1) is 11.6 Å². The van der Waals surface area contributed by atoms with Gasteiger partial charge in [-0.05, 0) is 55.0 Å². The molecule has 0 fully saturated rings. The van der Waals surface area contributed by atoms with Gasteiger partial charge in [-0.1, -0.05) is 40.9 Å². The largest absolute Gasteiger partial charge is 0.492 e. The summed E-state index contributed by atoms with van der Waals surface area (Å²) in [7, 11) is 0. The fourth-order valence-corrected chi connectivity index (χ4v) is 3.63. The number of rotatable bonds is 7. The number of benzene rings is 3. The number of hydrogen-bond donors (Lipinski definition) is 1. The van der Waals surface area contributed by atoms with Gasteiger partial charge in [0.25, 0.3) is 0 Å². The molecule has 0 aliphatic rings. The van der Waals surface area contributed by atoms with E-state index < -0.39 is 0 Å². The average molecular weight is 476 g/mol. The van der Waals surface area contributed by atoms with Gasteiger partial charge >= 0.3 is 0 Å². The Morgan fingerprint density at radius 2 is 1.84 bits per heavy atom. The van der Waals surface area contributed by atoms with Crippen LogP contribution in [0.25, 0.3) is 22.6 Å². The molecule has 31 heavy (non-hydrogen) atoms. The molecule has 1 amide bonds. The number of halogens is 3. The molecule has 0 radical (unpaired) electrons. The Kier molecular flexibility index (Phi) is 6.66. The number of hydrogen-bond acceptors (Lipinski definition) is 4. The second-order valence-electron chi connectivity index (χ2n) is 6.79. The molecular weight excluding hydrogens is 459 g/mol. The molecule has 3 aromatic carbocycles. The van der Waals surface area contributed by atoms with Crippen molar-refractivity contribution in [3.8, 4) is 17.2 Å². The zero-order chi connectivity index (χ0) is 21.8. The number of amides is 1. The number of carbonyl (C=O) groups excluding carboxylic acids is 1. The molecule has 0 saturated heterocycles. The van der Waals surface area contributed by atoms with Gasteiger partial charge in [-0.15, -0.1) is 0 Å². The molecule has 0 aliphatic carbocycles. The Morgan fingerprint density at radius 3 is 2.65 bits per heavy atom. The van der Waals surface area contributed by atoms with Gasteiger partial charge in [-0.25, -0.2) is 4.98 Å². The number of oxazole rings is 1. The van der Waals surface area contributed by atoms with Crippen molar-refractivity contribution in [2.75, 3.05) is 11.9 Å². The minimum Gasteiger partial charge on any atom is -0.492 e. The van der Waals surface area contributed by atoms with Crippen molar-refractivity contribution >= 4 is 57.5 Å². The molecule has 0 saturated carbocycles. The van der Waals surface area contributed by atoms with Crippen molar-refractivity contribution in [2.24, 2.45) is 0 Å². The van der Waals surface area contributed by atoms with Gasteiger partial charge in [0.1, 0.15) is 11.3 Å². The molecule has 0 spiro atoms. The van der Waals surface area contributed by atoms with Crippen LogP contribution in [0.15, 0.2) is 65.1 Å². The molecule has 0 bridgehead atoms. The minimum absolute atomic E-state index is 0.125. The van der Waals surface area contributed by atoms with Gasteiger partial charge in [0.15, 0.2) is 5.58 Å². The Hall–Kier alpha value is -2.73. The van der Waals surface area contributed by atoms with Crippen LogP contribution in [0, 0.1) is 0 Å². The molecule has 8 heteroatoms. The van der Waals surface area contributed by atoms with Crippen LogP contribution < -0.4 is 10.1 Å². The Morgan fingerprint density at radius 1 is 1.00 bits per heavy atom. The summed E-state index contributed by atoms with van der Waals surface area (Å²) < 4.78 is 11.4. The zero-order valence-electron chi connectivity index (χ0n) is 16.2. The Labute approximate surface area is 193 Å². The van der Waals surface area contributed by atoms with E-state index in [9.17, 15) is 4.79 Å². The Balaban J connectivity index is 1.33. The van der Waals surface area contributed by atoms with E-state index >= 15 is 0 Å². The van der Waals surface area contributed by atoms with Gasteiger partial charge in [-0.3, -0.25) is 4.79 Å². The van der Waals surface area contributed by atoms with Crippen molar-refractivity contribution in [1.82, 2.24) is 4.98 Å². The van der Waals surface area contributed by atoms with Crippen molar-refractivity contribution in [3.63, 3.8) is 0 Å². The number of anilines is 1. The smallest absolute Gasteiger partial charge is 0.227 e. The van der Waals surface area contributed by atoms with Crippen LogP contribution in [0.1, 0.15) is 12.8 Å². The van der Waals surface area contributed by atoms with Crippen molar-refractivity contribution in [3.05, 3.63) is 75.7 Å². The summed E-state index contributed by atoms with van der Waals surface area (Å²) in [6, 6.07) is 17.6. The fourth-order valence-electron chi connectivity index (χ4n) is 2.98. The first kappa shape index (κ1) is 21.5. The van der Waals surface area contributed by atoms with Crippen LogP contribution in [0.4, 0.5) is 5.69 Å². The number of aromatic nitrogens is 1. The minimum atomic E-state index is -0.125. The van der Waals surface area contributed by atoms with Crippen LogP contribution in [0.5, 0.6) is 5.75 Å². The molecule has 0 atom stereocenters. The molecule has 5 nitrogen and oxygen atoms in total.